The Balaban J connectivity index is 2.10. The van der Waals surface area contributed by atoms with Gasteiger partial charge in [-0.1, -0.05) is 45.1 Å². The molecule has 0 unspecified atom stereocenters. The van der Waals surface area contributed by atoms with Crippen molar-refractivity contribution in [2.24, 2.45) is 10.9 Å². The van der Waals surface area contributed by atoms with Crippen molar-refractivity contribution in [2.75, 3.05) is 0 Å². The zero-order valence-electron chi connectivity index (χ0n) is 13.0. The second-order valence-electron chi connectivity index (χ2n) is 6.44. The Labute approximate surface area is 122 Å². The SMILES string of the molecule is CCc1cc2c(cc1C#CC(C)C)N=C(C)C21CCC1. The summed E-state index contributed by atoms with van der Waals surface area (Å²) >= 11 is 0. The lowest BCUT2D eigenvalue weighted by Crippen LogP contribution is -2.38. The quantitative estimate of drug-likeness (QED) is 0.648. The molecule has 1 nitrogen and oxygen atoms in total. The fourth-order valence-corrected chi connectivity index (χ4v) is 3.38. The first-order valence-corrected chi connectivity index (χ1v) is 7.81. The van der Waals surface area contributed by atoms with Crippen LogP contribution in [0.4, 0.5) is 5.69 Å². The largest absolute Gasteiger partial charge is 0.257 e. The Hall–Kier alpha value is -1.55. The normalized spacial score (nSPS) is 18.4. The molecule has 0 N–H and O–H groups in total. The maximum Gasteiger partial charge on any atom is 0.0683 e. The van der Waals surface area contributed by atoms with Crippen LogP contribution < -0.4 is 0 Å². The van der Waals surface area contributed by atoms with Crippen molar-refractivity contribution in [2.45, 2.75) is 58.8 Å². The van der Waals surface area contributed by atoms with Crippen LogP contribution in [0, 0.1) is 17.8 Å². The van der Waals surface area contributed by atoms with Crippen molar-refractivity contribution in [1.29, 1.82) is 0 Å². The van der Waals surface area contributed by atoms with Crippen LogP contribution in [0.15, 0.2) is 17.1 Å². The number of hydrogen-bond donors (Lipinski definition) is 0. The Bertz CT molecular complexity index is 634. The average Bonchev–Trinajstić information content (AvgIpc) is 2.65. The van der Waals surface area contributed by atoms with Crippen molar-refractivity contribution < 1.29 is 0 Å². The zero-order valence-corrected chi connectivity index (χ0v) is 13.0. The van der Waals surface area contributed by atoms with Crippen LogP contribution in [0.3, 0.4) is 0 Å². The molecule has 1 aliphatic heterocycles. The van der Waals surface area contributed by atoms with E-state index in [1.165, 1.54) is 47.4 Å². The van der Waals surface area contributed by atoms with Crippen LogP contribution >= 0.6 is 0 Å². The van der Waals surface area contributed by atoms with Crippen LogP contribution in [0.5, 0.6) is 0 Å². The van der Waals surface area contributed by atoms with Crippen LogP contribution in [0.2, 0.25) is 0 Å². The lowest BCUT2D eigenvalue weighted by atomic mass is 9.62. The maximum absolute atomic E-state index is 4.84. The highest BCUT2D eigenvalue weighted by Crippen LogP contribution is 2.53. The Kier molecular flexibility index (Phi) is 3.21. The summed E-state index contributed by atoms with van der Waals surface area (Å²) in [7, 11) is 0. The predicted molar refractivity (Wildman–Crippen MR) is 85.8 cm³/mol. The highest BCUT2D eigenvalue weighted by atomic mass is 14.8. The van der Waals surface area contributed by atoms with Gasteiger partial charge in [0.1, 0.15) is 0 Å². The molecule has 1 aromatic carbocycles. The second kappa shape index (κ2) is 4.77. The van der Waals surface area contributed by atoms with E-state index in [0.717, 1.165) is 6.42 Å². The predicted octanol–water partition coefficient (Wildman–Crippen LogP) is 4.78. The van der Waals surface area contributed by atoms with E-state index in [-0.39, 0.29) is 5.41 Å². The van der Waals surface area contributed by atoms with Crippen LogP contribution in [-0.4, -0.2) is 5.71 Å². The van der Waals surface area contributed by atoms with Gasteiger partial charge < -0.3 is 0 Å². The number of aliphatic imine (C=N–C) groups is 1. The molecule has 0 amide bonds. The van der Waals surface area contributed by atoms with E-state index < -0.39 is 0 Å². The summed E-state index contributed by atoms with van der Waals surface area (Å²) in [5.41, 5.74) is 6.79. The van der Waals surface area contributed by atoms with E-state index in [1.54, 1.807) is 0 Å². The van der Waals surface area contributed by atoms with E-state index in [2.05, 4.69) is 51.7 Å². The van der Waals surface area contributed by atoms with Gasteiger partial charge in [0.25, 0.3) is 0 Å². The highest BCUT2D eigenvalue weighted by Gasteiger charge is 2.46. The summed E-state index contributed by atoms with van der Waals surface area (Å²) in [5, 5.41) is 0. The summed E-state index contributed by atoms with van der Waals surface area (Å²) < 4.78 is 0. The molecule has 2 aliphatic rings. The van der Waals surface area contributed by atoms with Crippen molar-refractivity contribution >= 4 is 11.4 Å². The molecule has 104 valence electrons. The van der Waals surface area contributed by atoms with Crippen LogP contribution in [0.1, 0.15) is 63.6 Å². The van der Waals surface area contributed by atoms with Gasteiger partial charge in [-0.25, -0.2) is 0 Å². The lowest BCUT2D eigenvalue weighted by Gasteiger charge is -2.39. The molecule has 1 aromatic rings. The molecule has 1 fully saturated rings. The molecular weight excluding hydrogens is 242 g/mol. The van der Waals surface area contributed by atoms with Gasteiger partial charge in [-0.2, -0.15) is 0 Å². The molecule has 1 heteroatoms. The van der Waals surface area contributed by atoms with Crippen molar-refractivity contribution in [1.82, 2.24) is 0 Å². The number of aryl methyl sites for hydroxylation is 1. The van der Waals surface area contributed by atoms with Crippen LogP contribution in [-0.2, 0) is 11.8 Å². The lowest BCUT2D eigenvalue weighted by molar-refractivity contribution is 0.345. The molecule has 20 heavy (non-hydrogen) atoms. The zero-order chi connectivity index (χ0) is 14.3. The second-order valence-corrected chi connectivity index (χ2v) is 6.44. The van der Waals surface area contributed by atoms with E-state index in [4.69, 9.17) is 4.99 Å². The summed E-state index contributed by atoms with van der Waals surface area (Å²) in [4.78, 5) is 4.84. The van der Waals surface area contributed by atoms with Crippen molar-refractivity contribution in [3.8, 4) is 11.8 Å². The molecule has 0 bridgehead atoms. The van der Waals surface area contributed by atoms with Gasteiger partial charge in [0.15, 0.2) is 0 Å². The molecule has 1 aliphatic carbocycles. The molecule has 3 rings (SSSR count). The molecule has 0 saturated heterocycles. The molecule has 1 spiro atoms. The number of nitrogens with zero attached hydrogens (tertiary/aromatic N) is 1. The molecule has 0 radical (unpaired) electrons. The summed E-state index contributed by atoms with van der Waals surface area (Å²) in [6.07, 6.45) is 4.93. The minimum Gasteiger partial charge on any atom is -0.257 e. The van der Waals surface area contributed by atoms with E-state index in [9.17, 15) is 0 Å². The third-order valence-corrected chi connectivity index (χ3v) is 4.80. The van der Waals surface area contributed by atoms with Gasteiger partial charge >= 0.3 is 0 Å². The Morgan fingerprint density at radius 2 is 2.05 bits per heavy atom. The molecule has 0 aromatic heterocycles. The molecule has 0 atom stereocenters. The van der Waals surface area contributed by atoms with E-state index in [1.807, 2.05) is 0 Å². The van der Waals surface area contributed by atoms with Crippen molar-refractivity contribution in [3.63, 3.8) is 0 Å². The Morgan fingerprint density at radius 1 is 1.30 bits per heavy atom. The number of rotatable bonds is 1. The molecule has 1 saturated carbocycles. The standard InChI is InChI=1S/C19H23N/c1-5-15-11-17-18(12-16(15)8-7-13(2)3)20-14(4)19(17)9-6-10-19/h11-13H,5-6,9-10H2,1-4H3. The minimum atomic E-state index is 0.281. The fraction of sp³-hybridized carbons (Fsp3) is 0.526. The number of hydrogen-bond acceptors (Lipinski definition) is 1. The number of benzene rings is 1. The monoisotopic (exact) mass is 265 g/mol. The maximum atomic E-state index is 4.84. The van der Waals surface area contributed by atoms with Gasteiger partial charge in [-0.3, -0.25) is 4.99 Å². The first-order chi connectivity index (χ1) is 9.56. The van der Waals surface area contributed by atoms with Gasteiger partial charge in [-0.05, 0) is 43.4 Å². The van der Waals surface area contributed by atoms with E-state index in [0.29, 0.717) is 5.92 Å². The summed E-state index contributed by atoms with van der Waals surface area (Å²) in [6.45, 7) is 8.69. The van der Waals surface area contributed by atoms with Gasteiger partial charge in [0.2, 0.25) is 0 Å². The summed E-state index contributed by atoms with van der Waals surface area (Å²) in [5.74, 6) is 7.05. The smallest absolute Gasteiger partial charge is 0.0683 e. The Morgan fingerprint density at radius 3 is 2.60 bits per heavy atom. The first-order valence-electron chi connectivity index (χ1n) is 7.81. The van der Waals surface area contributed by atoms with E-state index >= 15 is 0 Å². The topological polar surface area (TPSA) is 12.4 Å². The first kappa shape index (κ1) is 13.4. The minimum absolute atomic E-state index is 0.281. The average molecular weight is 265 g/mol. The van der Waals surface area contributed by atoms with Crippen molar-refractivity contribution in [3.05, 3.63) is 28.8 Å². The molecule has 1 heterocycles. The third kappa shape index (κ3) is 1.90. The number of fused-ring (bicyclic) bond motifs is 2. The fourth-order valence-electron chi connectivity index (χ4n) is 3.38. The third-order valence-electron chi connectivity index (χ3n) is 4.80. The molecular formula is C19H23N. The van der Waals surface area contributed by atoms with Crippen LogP contribution in [0.25, 0.3) is 0 Å². The highest BCUT2D eigenvalue weighted by molar-refractivity contribution is 6.01. The van der Waals surface area contributed by atoms with Gasteiger partial charge in [0.05, 0.1) is 5.69 Å². The van der Waals surface area contributed by atoms with Gasteiger partial charge in [-0.15, -0.1) is 0 Å². The van der Waals surface area contributed by atoms with Gasteiger partial charge in [0, 0.05) is 22.6 Å². The summed E-state index contributed by atoms with van der Waals surface area (Å²) in [6, 6.07) is 4.61.